The van der Waals surface area contributed by atoms with Crippen LogP contribution in [0, 0.1) is 11.8 Å². The second kappa shape index (κ2) is 5.28. The Kier molecular flexibility index (Phi) is 4.00. The van der Waals surface area contributed by atoms with Gasteiger partial charge in [0, 0.05) is 12.6 Å². The predicted octanol–water partition coefficient (Wildman–Crippen LogP) is 0.655. The fourth-order valence-corrected chi connectivity index (χ4v) is 3.02. The van der Waals surface area contributed by atoms with Crippen molar-refractivity contribution in [2.45, 2.75) is 31.7 Å². The van der Waals surface area contributed by atoms with E-state index in [4.69, 9.17) is 5.73 Å². The predicted molar refractivity (Wildman–Crippen MR) is 63.8 cm³/mol. The third-order valence-electron chi connectivity index (χ3n) is 4.04. The summed E-state index contributed by atoms with van der Waals surface area (Å²) >= 11 is 0. The molecule has 0 aromatic carbocycles. The van der Waals surface area contributed by atoms with Gasteiger partial charge in [0.25, 0.3) is 0 Å². The molecular weight excluding hydrogens is 186 g/mol. The maximum absolute atomic E-state index is 6.32. The first-order chi connectivity index (χ1) is 7.25. The van der Waals surface area contributed by atoms with Crippen LogP contribution in [-0.4, -0.2) is 44.2 Å². The SMILES string of the molecule is CN1CCC(C(N)CC2CCCNC2)C1. The van der Waals surface area contributed by atoms with E-state index in [1.54, 1.807) is 0 Å². The molecule has 3 heteroatoms. The van der Waals surface area contributed by atoms with Crippen molar-refractivity contribution < 1.29 is 0 Å². The summed E-state index contributed by atoms with van der Waals surface area (Å²) in [5.41, 5.74) is 6.32. The number of nitrogens with zero attached hydrogens (tertiary/aromatic N) is 1. The van der Waals surface area contributed by atoms with Crippen LogP contribution in [0.2, 0.25) is 0 Å². The van der Waals surface area contributed by atoms with Crippen LogP contribution >= 0.6 is 0 Å². The van der Waals surface area contributed by atoms with Crippen molar-refractivity contribution >= 4 is 0 Å². The summed E-state index contributed by atoms with van der Waals surface area (Å²) in [5, 5.41) is 3.47. The zero-order valence-electron chi connectivity index (χ0n) is 9.91. The molecule has 3 atom stereocenters. The topological polar surface area (TPSA) is 41.3 Å². The molecule has 0 aliphatic carbocycles. The molecule has 88 valence electrons. The van der Waals surface area contributed by atoms with Crippen molar-refractivity contribution in [1.82, 2.24) is 10.2 Å². The smallest absolute Gasteiger partial charge is 0.00829 e. The van der Waals surface area contributed by atoms with Gasteiger partial charge >= 0.3 is 0 Å². The Balaban J connectivity index is 1.73. The Morgan fingerprint density at radius 3 is 2.93 bits per heavy atom. The highest BCUT2D eigenvalue weighted by Crippen LogP contribution is 2.23. The molecule has 2 saturated heterocycles. The summed E-state index contributed by atoms with van der Waals surface area (Å²) in [5.74, 6) is 1.58. The average Bonchev–Trinajstić information content (AvgIpc) is 2.66. The molecule has 0 amide bonds. The third-order valence-corrected chi connectivity index (χ3v) is 4.04. The molecule has 3 nitrogen and oxygen atoms in total. The molecule has 0 aromatic rings. The third kappa shape index (κ3) is 3.16. The van der Waals surface area contributed by atoms with Gasteiger partial charge in [-0.25, -0.2) is 0 Å². The number of hydrogen-bond acceptors (Lipinski definition) is 3. The maximum Gasteiger partial charge on any atom is 0.00829 e. The van der Waals surface area contributed by atoms with Crippen molar-refractivity contribution in [2.75, 3.05) is 33.2 Å². The van der Waals surface area contributed by atoms with Gasteiger partial charge in [-0.1, -0.05) is 0 Å². The molecule has 2 aliphatic rings. The van der Waals surface area contributed by atoms with Gasteiger partial charge in [-0.3, -0.25) is 0 Å². The van der Waals surface area contributed by atoms with E-state index in [1.807, 2.05) is 0 Å². The minimum absolute atomic E-state index is 0.430. The summed E-state index contributed by atoms with van der Waals surface area (Å²) in [7, 11) is 2.20. The molecule has 0 saturated carbocycles. The molecule has 3 unspecified atom stereocenters. The first-order valence-electron chi connectivity index (χ1n) is 6.40. The van der Waals surface area contributed by atoms with Gasteiger partial charge in [-0.15, -0.1) is 0 Å². The van der Waals surface area contributed by atoms with Crippen LogP contribution in [0.4, 0.5) is 0 Å². The summed E-state index contributed by atoms with van der Waals surface area (Å²) < 4.78 is 0. The van der Waals surface area contributed by atoms with E-state index in [0.717, 1.165) is 11.8 Å². The summed E-state index contributed by atoms with van der Waals surface area (Å²) in [6.07, 6.45) is 5.24. The lowest BCUT2D eigenvalue weighted by atomic mass is 9.87. The molecule has 3 N–H and O–H groups in total. The van der Waals surface area contributed by atoms with E-state index in [-0.39, 0.29) is 0 Å². The van der Waals surface area contributed by atoms with Crippen LogP contribution in [0.25, 0.3) is 0 Å². The van der Waals surface area contributed by atoms with Crippen molar-refractivity contribution in [2.24, 2.45) is 17.6 Å². The number of piperidine rings is 1. The zero-order chi connectivity index (χ0) is 10.7. The number of nitrogens with one attached hydrogen (secondary N) is 1. The van der Waals surface area contributed by atoms with Crippen LogP contribution in [0.1, 0.15) is 25.7 Å². The van der Waals surface area contributed by atoms with E-state index >= 15 is 0 Å². The number of rotatable bonds is 3. The maximum atomic E-state index is 6.32. The molecule has 0 radical (unpaired) electrons. The van der Waals surface area contributed by atoms with Crippen LogP contribution in [0.5, 0.6) is 0 Å². The Morgan fingerprint density at radius 1 is 1.47 bits per heavy atom. The highest BCUT2D eigenvalue weighted by molar-refractivity contribution is 4.84. The van der Waals surface area contributed by atoms with E-state index < -0.39 is 0 Å². The Morgan fingerprint density at radius 2 is 2.33 bits per heavy atom. The van der Waals surface area contributed by atoms with E-state index in [1.165, 1.54) is 51.9 Å². The van der Waals surface area contributed by atoms with Crippen molar-refractivity contribution in [3.05, 3.63) is 0 Å². The first kappa shape index (κ1) is 11.4. The van der Waals surface area contributed by atoms with Gasteiger partial charge in [-0.05, 0) is 64.2 Å². The standard InChI is InChI=1S/C12H25N3/c1-15-6-4-11(9-15)12(13)7-10-3-2-5-14-8-10/h10-12,14H,2-9,13H2,1H3. The lowest BCUT2D eigenvalue weighted by molar-refractivity contribution is 0.289. The van der Waals surface area contributed by atoms with E-state index in [9.17, 15) is 0 Å². The van der Waals surface area contributed by atoms with Crippen molar-refractivity contribution in [3.63, 3.8) is 0 Å². The first-order valence-corrected chi connectivity index (χ1v) is 6.40. The van der Waals surface area contributed by atoms with Crippen LogP contribution in [0.15, 0.2) is 0 Å². The van der Waals surface area contributed by atoms with Crippen LogP contribution < -0.4 is 11.1 Å². The Bertz CT molecular complexity index is 189. The van der Waals surface area contributed by atoms with Crippen LogP contribution in [-0.2, 0) is 0 Å². The molecule has 2 rings (SSSR count). The normalized spacial score (nSPS) is 35.6. The zero-order valence-corrected chi connectivity index (χ0v) is 9.91. The van der Waals surface area contributed by atoms with Gasteiger partial charge in [0.1, 0.15) is 0 Å². The van der Waals surface area contributed by atoms with Gasteiger partial charge in [-0.2, -0.15) is 0 Å². The highest BCUT2D eigenvalue weighted by Gasteiger charge is 2.27. The van der Waals surface area contributed by atoms with Crippen LogP contribution in [0.3, 0.4) is 0 Å². The molecule has 0 bridgehead atoms. The molecular formula is C12H25N3. The Hall–Kier alpha value is -0.120. The molecule has 2 heterocycles. The number of nitrogens with two attached hydrogens (primary N) is 1. The summed E-state index contributed by atoms with van der Waals surface area (Å²) in [6, 6.07) is 0.430. The monoisotopic (exact) mass is 211 g/mol. The molecule has 15 heavy (non-hydrogen) atoms. The summed E-state index contributed by atoms with van der Waals surface area (Å²) in [6.45, 7) is 4.84. The largest absolute Gasteiger partial charge is 0.327 e. The second-order valence-corrected chi connectivity index (χ2v) is 5.42. The summed E-state index contributed by atoms with van der Waals surface area (Å²) in [4.78, 5) is 2.41. The molecule has 2 fully saturated rings. The van der Waals surface area contributed by atoms with Crippen molar-refractivity contribution in [1.29, 1.82) is 0 Å². The van der Waals surface area contributed by atoms with Gasteiger partial charge < -0.3 is 16.0 Å². The average molecular weight is 211 g/mol. The molecule has 0 aromatic heterocycles. The minimum Gasteiger partial charge on any atom is -0.327 e. The Labute approximate surface area is 93.4 Å². The lowest BCUT2D eigenvalue weighted by Gasteiger charge is -2.28. The van der Waals surface area contributed by atoms with E-state index in [0.29, 0.717) is 6.04 Å². The molecule has 2 aliphatic heterocycles. The number of likely N-dealkylation sites (tertiary alicyclic amines) is 1. The fourth-order valence-electron chi connectivity index (χ4n) is 3.02. The molecule has 0 spiro atoms. The van der Waals surface area contributed by atoms with Gasteiger partial charge in [0.2, 0.25) is 0 Å². The van der Waals surface area contributed by atoms with Gasteiger partial charge in [0.15, 0.2) is 0 Å². The minimum atomic E-state index is 0.430. The van der Waals surface area contributed by atoms with Gasteiger partial charge in [0.05, 0.1) is 0 Å². The van der Waals surface area contributed by atoms with Crippen molar-refractivity contribution in [3.8, 4) is 0 Å². The highest BCUT2D eigenvalue weighted by atomic mass is 15.1. The fraction of sp³-hybridized carbons (Fsp3) is 1.00. The van der Waals surface area contributed by atoms with E-state index in [2.05, 4.69) is 17.3 Å². The quantitative estimate of drug-likeness (QED) is 0.720. The number of hydrogen-bond donors (Lipinski definition) is 2. The second-order valence-electron chi connectivity index (χ2n) is 5.42. The lowest BCUT2D eigenvalue weighted by Crippen LogP contribution is -2.38.